The van der Waals surface area contributed by atoms with Crippen LogP contribution in [-0.2, 0) is 4.79 Å². The van der Waals surface area contributed by atoms with E-state index in [2.05, 4.69) is 52.6 Å². The predicted octanol–water partition coefficient (Wildman–Crippen LogP) is 1.09. The molecule has 2 heterocycles. The van der Waals surface area contributed by atoms with Crippen LogP contribution in [0.15, 0.2) is 0 Å². The molecule has 5 N–H and O–H groups in total. The maximum atomic E-state index is 13.0. The van der Waals surface area contributed by atoms with E-state index in [4.69, 9.17) is 0 Å². The number of carbonyl (C=O) groups is 1. The molecule has 28 heavy (non-hydrogen) atoms. The van der Waals surface area contributed by atoms with Crippen molar-refractivity contribution in [3.05, 3.63) is 0 Å². The van der Waals surface area contributed by atoms with Crippen molar-refractivity contribution in [3.63, 3.8) is 0 Å². The number of hydrazine groups is 1. The monoisotopic (exact) mass is 392 g/mol. The summed E-state index contributed by atoms with van der Waals surface area (Å²) in [4.78, 5) is 15.3. The van der Waals surface area contributed by atoms with Gasteiger partial charge in [0, 0.05) is 12.1 Å². The molecular weight excluding hydrogens is 352 g/mol. The number of rotatable bonds is 6. The van der Waals surface area contributed by atoms with Crippen molar-refractivity contribution in [1.82, 2.24) is 31.7 Å². The van der Waals surface area contributed by atoms with Crippen LogP contribution in [0.1, 0.15) is 65.2 Å². The van der Waals surface area contributed by atoms with Crippen LogP contribution in [0.5, 0.6) is 0 Å². The molecule has 0 aromatic heterocycles. The van der Waals surface area contributed by atoms with Gasteiger partial charge >= 0.3 is 0 Å². The topological polar surface area (TPSA) is 80.5 Å². The first-order chi connectivity index (χ1) is 13.5. The molecular formula is C21H40N6O. The van der Waals surface area contributed by atoms with Gasteiger partial charge in [-0.1, -0.05) is 19.8 Å². The lowest BCUT2D eigenvalue weighted by molar-refractivity contribution is -0.125. The number of hydrogen-bond acceptors (Lipinski definition) is 6. The molecule has 7 atom stereocenters. The largest absolute Gasteiger partial charge is 0.352 e. The van der Waals surface area contributed by atoms with Crippen LogP contribution >= 0.6 is 0 Å². The average Bonchev–Trinajstić information content (AvgIpc) is 3.45. The molecule has 4 fully saturated rings. The first-order valence-electron chi connectivity index (χ1n) is 11.5. The molecule has 0 spiro atoms. The van der Waals surface area contributed by atoms with Crippen LogP contribution in [0.25, 0.3) is 0 Å². The number of amides is 1. The van der Waals surface area contributed by atoms with E-state index in [9.17, 15) is 4.79 Å². The molecule has 0 radical (unpaired) electrons. The van der Waals surface area contributed by atoms with Gasteiger partial charge in [0.15, 0.2) is 0 Å². The summed E-state index contributed by atoms with van der Waals surface area (Å²) >= 11 is 0. The average molecular weight is 393 g/mol. The van der Waals surface area contributed by atoms with Crippen molar-refractivity contribution in [3.8, 4) is 0 Å². The second-order valence-electron chi connectivity index (χ2n) is 9.93. The minimum Gasteiger partial charge on any atom is -0.352 e. The molecule has 1 amide bonds. The molecule has 160 valence electrons. The van der Waals surface area contributed by atoms with Crippen LogP contribution in [0.4, 0.5) is 0 Å². The summed E-state index contributed by atoms with van der Waals surface area (Å²) in [6.07, 6.45) is 10.1. The Bertz CT molecular complexity index is 541. The molecule has 4 rings (SSSR count). The van der Waals surface area contributed by atoms with E-state index >= 15 is 0 Å². The molecule has 7 nitrogen and oxygen atoms in total. The van der Waals surface area contributed by atoms with E-state index in [0.717, 1.165) is 38.3 Å². The highest BCUT2D eigenvalue weighted by Crippen LogP contribution is 2.34. The Kier molecular flexibility index (Phi) is 6.57. The minimum absolute atomic E-state index is 0.0398. The van der Waals surface area contributed by atoms with Gasteiger partial charge in [0.2, 0.25) is 5.91 Å². The molecule has 2 saturated heterocycles. The van der Waals surface area contributed by atoms with Gasteiger partial charge in [-0.15, -0.1) is 0 Å². The molecule has 0 aromatic carbocycles. The molecule has 7 heteroatoms. The Labute approximate surface area is 170 Å². The van der Waals surface area contributed by atoms with Crippen LogP contribution in [0.3, 0.4) is 0 Å². The first kappa shape index (κ1) is 20.5. The van der Waals surface area contributed by atoms with Crippen molar-refractivity contribution >= 4 is 5.91 Å². The van der Waals surface area contributed by atoms with Gasteiger partial charge in [0.05, 0.1) is 25.0 Å². The smallest absolute Gasteiger partial charge is 0.237 e. The Morgan fingerprint density at radius 3 is 2.71 bits per heavy atom. The summed E-state index contributed by atoms with van der Waals surface area (Å²) in [5, 5.41) is 10.6. The number of carbonyl (C=O) groups excluding carboxylic acids is 1. The van der Waals surface area contributed by atoms with E-state index in [1.165, 1.54) is 25.7 Å². The Hall–Kier alpha value is -0.730. The SMILES string of the molecule is CC1CC(C(=O)NC2CCCC([C@@H](C)CC3NNCN3C)C2)NC(C2CC2)N1. The van der Waals surface area contributed by atoms with Gasteiger partial charge in [0.1, 0.15) is 0 Å². The lowest BCUT2D eigenvalue weighted by Gasteiger charge is -2.38. The van der Waals surface area contributed by atoms with Gasteiger partial charge in [-0.05, 0) is 70.3 Å². The normalized spacial score (nSPS) is 41.0. The number of hydrogen-bond donors (Lipinski definition) is 5. The Balaban J connectivity index is 1.26. The van der Waals surface area contributed by atoms with Crippen molar-refractivity contribution in [2.45, 2.75) is 95.7 Å². The Morgan fingerprint density at radius 1 is 1.18 bits per heavy atom. The zero-order chi connectivity index (χ0) is 19.7. The molecule has 2 aliphatic carbocycles. The van der Waals surface area contributed by atoms with Gasteiger partial charge in [-0.25, -0.2) is 10.9 Å². The lowest BCUT2D eigenvalue weighted by atomic mass is 9.77. The van der Waals surface area contributed by atoms with E-state index < -0.39 is 0 Å². The first-order valence-corrected chi connectivity index (χ1v) is 11.5. The van der Waals surface area contributed by atoms with Crippen molar-refractivity contribution < 1.29 is 4.79 Å². The molecule has 0 aromatic rings. The summed E-state index contributed by atoms with van der Waals surface area (Å²) in [5.74, 6) is 2.30. The van der Waals surface area contributed by atoms with E-state index in [1.807, 2.05) is 0 Å². The van der Waals surface area contributed by atoms with E-state index in [0.29, 0.717) is 36.3 Å². The summed E-state index contributed by atoms with van der Waals surface area (Å²) < 4.78 is 0. The molecule has 2 saturated carbocycles. The molecule has 0 bridgehead atoms. The van der Waals surface area contributed by atoms with Crippen LogP contribution < -0.4 is 26.8 Å². The highest BCUT2D eigenvalue weighted by molar-refractivity contribution is 5.82. The van der Waals surface area contributed by atoms with Crippen molar-refractivity contribution in [2.24, 2.45) is 17.8 Å². The fourth-order valence-electron chi connectivity index (χ4n) is 5.41. The standard InChI is InChI=1S/C21H40N6O/c1-13(9-19-26-22-12-27(19)3)16-5-4-6-17(11-16)24-21(28)18-10-14(2)23-20(25-18)15-7-8-15/h13-20,22-23,25-26H,4-12H2,1-3H3,(H,24,28)/t13-,14?,16?,17?,18?,19?,20?/m0/s1. The Morgan fingerprint density at radius 2 is 2.00 bits per heavy atom. The minimum atomic E-state index is -0.0398. The lowest BCUT2D eigenvalue weighted by Crippen LogP contribution is -2.63. The summed E-state index contributed by atoms with van der Waals surface area (Å²) in [7, 11) is 2.16. The highest BCUT2D eigenvalue weighted by Gasteiger charge is 2.39. The summed E-state index contributed by atoms with van der Waals surface area (Å²) in [6.45, 7) is 5.50. The maximum absolute atomic E-state index is 13.0. The zero-order valence-electron chi connectivity index (χ0n) is 17.8. The fourth-order valence-corrected chi connectivity index (χ4v) is 5.41. The molecule has 4 aliphatic rings. The quantitative estimate of drug-likeness (QED) is 0.466. The predicted molar refractivity (Wildman–Crippen MR) is 111 cm³/mol. The molecule has 2 aliphatic heterocycles. The van der Waals surface area contributed by atoms with Gasteiger partial charge in [-0.3, -0.25) is 20.3 Å². The third kappa shape index (κ3) is 5.05. The second-order valence-corrected chi connectivity index (χ2v) is 9.93. The summed E-state index contributed by atoms with van der Waals surface area (Å²) in [5.41, 5.74) is 6.61. The zero-order valence-corrected chi connectivity index (χ0v) is 17.8. The van der Waals surface area contributed by atoms with Crippen LogP contribution in [0, 0.1) is 17.8 Å². The van der Waals surface area contributed by atoms with Crippen molar-refractivity contribution in [1.29, 1.82) is 0 Å². The highest BCUT2D eigenvalue weighted by atomic mass is 16.2. The third-order valence-corrected chi connectivity index (χ3v) is 7.43. The number of nitrogens with zero attached hydrogens (tertiary/aromatic N) is 1. The van der Waals surface area contributed by atoms with Crippen LogP contribution in [0.2, 0.25) is 0 Å². The van der Waals surface area contributed by atoms with Gasteiger partial charge in [0.25, 0.3) is 0 Å². The summed E-state index contributed by atoms with van der Waals surface area (Å²) in [6, 6.07) is 0.709. The second kappa shape index (κ2) is 8.96. The molecule has 6 unspecified atom stereocenters. The van der Waals surface area contributed by atoms with Gasteiger partial charge in [-0.2, -0.15) is 0 Å². The van der Waals surface area contributed by atoms with E-state index in [-0.39, 0.29) is 11.9 Å². The number of nitrogens with one attached hydrogen (secondary N) is 5. The third-order valence-electron chi connectivity index (χ3n) is 7.43. The maximum Gasteiger partial charge on any atom is 0.237 e. The van der Waals surface area contributed by atoms with E-state index in [1.54, 1.807) is 0 Å². The van der Waals surface area contributed by atoms with Crippen molar-refractivity contribution in [2.75, 3.05) is 13.7 Å². The van der Waals surface area contributed by atoms with Gasteiger partial charge < -0.3 is 5.32 Å². The van der Waals surface area contributed by atoms with Crippen LogP contribution in [-0.4, -0.2) is 55.0 Å². The fraction of sp³-hybridized carbons (Fsp3) is 0.952.